The third-order valence-corrected chi connectivity index (χ3v) is 5.29. The van der Waals surface area contributed by atoms with Crippen molar-refractivity contribution in [3.63, 3.8) is 0 Å². The number of hydrogen-bond donors (Lipinski definition) is 3. The fourth-order valence-corrected chi connectivity index (χ4v) is 3.66. The molecule has 4 aromatic rings. The zero-order chi connectivity index (χ0) is 27.6. The Morgan fingerprint density at radius 2 is 1.63 bits per heavy atom. The predicted octanol–water partition coefficient (Wildman–Crippen LogP) is 4.88. The van der Waals surface area contributed by atoms with Gasteiger partial charge in [-0.3, -0.25) is 14.6 Å². The van der Waals surface area contributed by atoms with Gasteiger partial charge in [-0.2, -0.15) is 9.78 Å². The number of hydrogen-bond acceptors (Lipinski definition) is 7. The molecule has 4 rings (SSSR count). The van der Waals surface area contributed by atoms with E-state index in [2.05, 4.69) is 15.2 Å². The van der Waals surface area contributed by atoms with Crippen molar-refractivity contribution in [3.8, 4) is 28.7 Å². The number of H-pyrrole nitrogens is 1. The van der Waals surface area contributed by atoms with Crippen molar-refractivity contribution in [2.24, 2.45) is 0 Å². The Labute approximate surface area is 219 Å². The molecule has 1 aromatic heterocycles. The van der Waals surface area contributed by atoms with E-state index in [1.165, 1.54) is 30.3 Å². The first-order valence-corrected chi connectivity index (χ1v) is 11.0. The van der Waals surface area contributed by atoms with Gasteiger partial charge in [0.15, 0.2) is 5.75 Å². The van der Waals surface area contributed by atoms with Gasteiger partial charge in [-0.1, -0.05) is 23.2 Å². The highest BCUT2D eigenvalue weighted by Crippen LogP contribution is 2.39. The maximum Gasteiger partial charge on any atom is 0.573 e. The van der Waals surface area contributed by atoms with Gasteiger partial charge in [0, 0.05) is 11.6 Å². The fraction of sp³-hybridized carbons (Fsp3) is 0.0435. The average molecular weight is 569 g/mol. The summed E-state index contributed by atoms with van der Waals surface area (Å²) >= 11 is 12.6. The maximum atomic E-state index is 12.5. The molecule has 3 N–H and O–H groups in total. The molecule has 0 bridgehead atoms. The molecule has 10 nitrogen and oxygen atoms in total. The standard InChI is InChI=1S/C23H13Cl2F3N4O6/c24-15-7-12(32-22(36)31-19(34)10-29-32)8-16(25)20(15)37-14-5-6-18(33)17(9-14)30-21(35)11-1-3-13(4-2-11)38-23(26,27)28/h1-10,33H,(H,30,35)(H,31,34,36). The molecule has 0 aliphatic carbocycles. The lowest BCUT2D eigenvalue weighted by molar-refractivity contribution is -0.274. The number of halogens is 5. The number of benzene rings is 3. The first kappa shape index (κ1) is 26.6. The summed E-state index contributed by atoms with van der Waals surface area (Å²) in [5.74, 6) is -1.52. The van der Waals surface area contributed by atoms with Gasteiger partial charge in [-0.15, -0.1) is 13.2 Å². The van der Waals surface area contributed by atoms with E-state index in [1.807, 2.05) is 4.98 Å². The first-order chi connectivity index (χ1) is 17.9. The minimum absolute atomic E-state index is 0.0157. The van der Waals surface area contributed by atoms with Gasteiger partial charge in [0.25, 0.3) is 11.5 Å². The van der Waals surface area contributed by atoms with Crippen molar-refractivity contribution in [1.29, 1.82) is 0 Å². The van der Waals surface area contributed by atoms with Crippen molar-refractivity contribution in [2.45, 2.75) is 6.36 Å². The van der Waals surface area contributed by atoms with Gasteiger partial charge >= 0.3 is 12.1 Å². The normalized spacial score (nSPS) is 11.2. The van der Waals surface area contributed by atoms with E-state index in [0.717, 1.165) is 35.1 Å². The quantitative estimate of drug-likeness (QED) is 0.282. The number of phenolic OH excluding ortho intramolecular Hbond substituents is 1. The van der Waals surface area contributed by atoms with Gasteiger partial charge in [0.1, 0.15) is 23.4 Å². The van der Waals surface area contributed by atoms with Gasteiger partial charge in [-0.05, 0) is 48.5 Å². The van der Waals surface area contributed by atoms with Crippen molar-refractivity contribution in [3.05, 3.63) is 97.2 Å². The number of nitrogens with zero attached hydrogens (tertiary/aromatic N) is 2. The van der Waals surface area contributed by atoms with E-state index in [4.69, 9.17) is 27.9 Å². The zero-order valence-corrected chi connectivity index (χ0v) is 20.1. The Kier molecular flexibility index (Phi) is 7.32. The van der Waals surface area contributed by atoms with Crippen molar-refractivity contribution >= 4 is 34.8 Å². The Hall–Kier alpha value is -4.49. The SMILES string of the molecule is O=C(Nc1cc(Oc2c(Cl)cc(-n3ncc(=O)[nH]c3=O)cc2Cl)ccc1O)c1ccc(OC(F)(F)F)cc1. The highest BCUT2D eigenvalue weighted by molar-refractivity contribution is 6.37. The highest BCUT2D eigenvalue weighted by atomic mass is 35.5. The van der Waals surface area contributed by atoms with Crippen molar-refractivity contribution < 1.29 is 32.5 Å². The number of carbonyl (C=O) groups is 1. The summed E-state index contributed by atoms with van der Waals surface area (Å²) in [4.78, 5) is 37.8. The van der Waals surface area contributed by atoms with Crippen LogP contribution >= 0.6 is 23.2 Å². The molecule has 3 aromatic carbocycles. The molecule has 0 aliphatic heterocycles. The number of aromatic nitrogens is 3. The number of nitrogens with one attached hydrogen (secondary N) is 2. The number of rotatable bonds is 6. The second-order valence-electron chi connectivity index (χ2n) is 7.40. The largest absolute Gasteiger partial charge is 0.573 e. The minimum Gasteiger partial charge on any atom is -0.506 e. The molecule has 38 heavy (non-hydrogen) atoms. The van der Waals surface area contributed by atoms with E-state index in [9.17, 15) is 32.7 Å². The summed E-state index contributed by atoms with van der Waals surface area (Å²) in [5, 5.41) is 16.2. The number of amides is 1. The molecule has 1 heterocycles. The van der Waals surface area contributed by atoms with Crippen LogP contribution in [-0.4, -0.2) is 32.1 Å². The molecule has 0 saturated carbocycles. The lowest BCUT2D eigenvalue weighted by Crippen LogP contribution is -2.30. The molecule has 0 unspecified atom stereocenters. The van der Waals surface area contributed by atoms with E-state index < -0.39 is 29.3 Å². The van der Waals surface area contributed by atoms with Crippen LogP contribution in [0, 0.1) is 0 Å². The van der Waals surface area contributed by atoms with E-state index in [-0.39, 0.29) is 44.2 Å². The molecule has 0 radical (unpaired) electrons. The summed E-state index contributed by atoms with van der Waals surface area (Å²) in [5.41, 5.74) is -1.47. The summed E-state index contributed by atoms with van der Waals surface area (Å²) < 4.78 is 47.3. The van der Waals surface area contributed by atoms with Gasteiger partial charge in [0.2, 0.25) is 0 Å². The molecule has 196 valence electrons. The third kappa shape index (κ3) is 6.25. The minimum atomic E-state index is -4.88. The second kappa shape index (κ2) is 10.5. The fourth-order valence-electron chi connectivity index (χ4n) is 3.10. The van der Waals surface area contributed by atoms with Crippen LogP contribution in [0.3, 0.4) is 0 Å². The molecular formula is C23H13Cl2F3N4O6. The first-order valence-electron chi connectivity index (χ1n) is 10.3. The van der Waals surface area contributed by atoms with Crippen molar-refractivity contribution in [2.75, 3.05) is 5.32 Å². The van der Waals surface area contributed by atoms with Crippen LogP contribution in [-0.2, 0) is 0 Å². The summed E-state index contributed by atoms with van der Waals surface area (Å²) in [7, 11) is 0. The lowest BCUT2D eigenvalue weighted by atomic mass is 10.2. The topological polar surface area (TPSA) is 136 Å². The van der Waals surface area contributed by atoms with E-state index in [1.54, 1.807) is 0 Å². The number of carbonyl (C=O) groups excluding carboxylic acids is 1. The second-order valence-corrected chi connectivity index (χ2v) is 8.21. The predicted molar refractivity (Wildman–Crippen MR) is 130 cm³/mol. The highest BCUT2D eigenvalue weighted by Gasteiger charge is 2.31. The van der Waals surface area contributed by atoms with Crippen LogP contribution in [0.5, 0.6) is 23.0 Å². The Balaban J connectivity index is 1.54. The van der Waals surface area contributed by atoms with Gasteiger partial charge in [0.05, 0.1) is 21.4 Å². The maximum absolute atomic E-state index is 12.5. The molecule has 0 aliphatic rings. The van der Waals surface area contributed by atoms with Gasteiger partial charge in [-0.25, -0.2) is 4.79 Å². The molecule has 15 heteroatoms. The van der Waals surface area contributed by atoms with E-state index in [0.29, 0.717) is 0 Å². The number of anilines is 1. The molecule has 0 fully saturated rings. The number of phenols is 1. The number of aromatic hydroxyl groups is 1. The Bertz CT molecular complexity index is 1620. The van der Waals surface area contributed by atoms with Crippen LogP contribution in [0.4, 0.5) is 18.9 Å². The number of alkyl halides is 3. The smallest absolute Gasteiger partial charge is 0.506 e. The Morgan fingerprint density at radius 3 is 2.24 bits per heavy atom. The Morgan fingerprint density at radius 1 is 1.00 bits per heavy atom. The van der Waals surface area contributed by atoms with Crippen LogP contribution in [0.15, 0.2) is 70.4 Å². The molecule has 1 amide bonds. The molecule has 0 atom stereocenters. The zero-order valence-electron chi connectivity index (χ0n) is 18.5. The molecule has 0 spiro atoms. The van der Waals surface area contributed by atoms with Crippen LogP contribution in [0.25, 0.3) is 5.69 Å². The van der Waals surface area contributed by atoms with Crippen LogP contribution in [0.1, 0.15) is 10.4 Å². The van der Waals surface area contributed by atoms with Crippen LogP contribution in [0.2, 0.25) is 10.0 Å². The number of ether oxygens (including phenoxy) is 2. The molecular weight excluding hydrogens is 556 g/mol. The monoisotopic (exact) mass is 568 g/mol. The third-order valence-electron chi connectivity index (χ3n) is 4.73. The summed E-state index contributed by atoms with van der Waals surface area (Å²) in [6.45, 7) is 0. The molecule has 0 saturated heterocycles. The average Bonchev–Trinajstić information content (AvgIpc) is 2.82. The van der Waals surface area contributed by atoms with Gasteiger partial charge < -0.3 is 19.9 Å². The van der Waals surface area contributed by atoms with E-state index >= 15 is 0 Å². The lowest BCUT2D eigenvalue weighted by Gasteiger charge is -2.14. The summed E-state index contributed by atoms with van der Waals surface area (Å²) in [6, 6.07) is 10.6. The summed E-state index contributed by atoms with van der Waals surface area (Å²) in [6.07, 6.45) is -3.98. The van der Waals surface area contributed by atoms with Crippen molar-refractivity contribution in [1.82, 2.24) is 14.8 Å². The van der Waals surface area contributed by atoms with Crippen LogP contribution < -0.4 is 26.0 Å². The number of aromatic amines is 1.